The maximum absolute atomic E-state index is 13.5. The second-order valence-corrected chi connectivity index (χ2v) is 14.0. The maximum Gasteiger partial charge on any atom is 0.306 e. The fraction of sp³-hybridized carbons (Fsp3) is 0.588. The molecule has 3 aliphatic rings. The van der Waals surface area contributed by atoms with Crippen molar-refractivity contribution in [3.8, 4) is 11.3 Å². The Morgan fingerprint density at radius 3 is 2.35 bits per heavy atom. The van der Waals surface area contributed by atoms with Crippen molar-refractivity contribution in [2.45, 2.75) is 116 Å². The van der Waals surface area contributed by atoms with E-state index in [1.165, 1.54) is 50.5 Å². The predicted molar refractivity (Wildman–Crippen MR) is 161 cm³/mol. The summed E-state index contributed by atoms with van der Waals surface area (Å²) in [6.07, 6.45) is 9.69. The third kappa shape index (κ3) is 6.16. The zero-order chi connectivity index (χ0) is 28.8. The third-order valence-electron chi connectivity index (χ3n) is 9.40. The van der Waals surface area contributed by atoms with Crippen molar-refractivity contribution < 1.29 is 14.7 Å². The first-order valence-corrected chi connectivity index (χ1v) is 15.2. The number of carboxylic acid groups (broad SMARTS) is 1. The van der Waals surface area contributed by atoms with Crippen LogP contribution in [-0.4, -0.2) is 33.1 Å². The number of nitrogens with one attached hydrogen (secondary N) is 2. The zero-order valence-corrected chi connectivity index (χ0v) is 25.0. The predicted octanol–water partition coefficient (Wildman–Crippen LogP) is 7.05. The highest BCUT2D eigenvalue weighted by Crippen LogP contribution is 2.49. The molecule has 1 aromatic carbocycles. The van der Waals surface area contributed by atoms with E-state index in [0.717, 1.165) is 34.8 Å². The molecule has 0 aliphatic heterocycles. The first kappa shape index (κ1) is 28.5. The summed E-state index contributed by atoms with van der Waals surface area (Å²) in [5.41, 5.74) is 7.33. The number of rotatable bonds is 9. The lowest BCUT2D eigenvalue weighted by atomic mass is 9.80. The van der Waals surface area contributed by atoms with E-state index < -0.39 is 5.97 Å². The van der Waals surface area contributed by atoms with E-state index in [2.05, 4.69) is 80.7 Å². The molecule has 0 radical (unpaired) electrons. The van der Waals surface area contributed by atoms with Crippen LogP contribution in [-0.2, 0) is 16.8 Å². The van der Waals surface area contributed by atoms with Gasteiger partial charge in [-0.15, -0.1) is 0 Å². The Bertz CT molecular complexity index is 1300. The number of amides is 1. The van der Waals surface area contributed by atoms with Crippen LogP contribution in [0, 0.1) is 18.8 Å². The van der Waals surface area contributed by atoms with Gasteiger partial charge in [-0.25, -0.2) is 0 Å². The summed E-state index contributed by atoms with van der Waals surface area (Å²) < 4.78 is 2.38. The number of hydrogen-bond donors (Lipinski definition) is 3. The molecule has 1 amide bonds. The number of hydrogen-bond acceptors (Lipinski definition) is 3. The van der Waals surface area contributed by atoms with Crippen LogP contribution in [0.4, 0.5) is 0 Å². The molecule has 0 spiro atoms. The highest BCUT2D eigenvalue weighted by atomic mass is 16.4. The van der Waals surface area contributed by atoms with Crippen molar-refractivity contribution in [1.29, 1.82) is 0 Å². The molecule has 40 heavy (non-hydrogen) atoms. The van der Waals surface area contributed by atoms with E-state index in [4.69, 9.17) is 0 Å². The molecule has 0 unspecified atom stereocenters. The van der Waals surface area contributed by atoms with Crippen LogP contribution in [0.5, 0.6) is 0 Å². The summed E-state index contributed by atoms with van der Waals surface area (Å²) in [7, 11) is 0. The molecule has 0 bridgehead atoms. The maximum atomic E-state index is 13.5. The van der Waals surface area contributed by atoms with Gasteiger partial charge in [-0.05, 0) is 119 Å². The summed E-state index contributed by atoms with van der Waals surface area (Å²) in [6, 6.07) is 8.85. The van der Waals surface area contributed by atoms with Crippen molar-refractivity contribution in [3.63, 3.8) is 0 Å². The van der Waals surface area contributed by atoms with E-state index in [1.54, 1.807) is 0 Å². The monoisotopic (exact) mass is 545 g/mol. The minimum absolute atomic E-state index is 0.0744. The number of carboxylic acids is 1. The molecular weight excluding hydrogens is 498 g/mol. The van der Waals surface area contributed by atoms with Gasteiger partial charge >= 0.3 is 5.97 Å². The fourth-order valence-electron chi connectivity index (χ4n) is 6.48. The molecule has 1 aromatic heterocycles. The second-order valence-electron chi connectivity index (χ2n) is 14.0. The highest BCUT2D eigenvalue weighted by Gasteiger charge is 2.40. The molecule has 6 nitrogen and oxygen atoms in total. The molecule has 3 saturated carbocycles. The lowest BCUT2D eigenvalue weighted by molar-refractivity contribution is -0.145. The van der Waals surface area contributed by atoms with Gasteiger partial charge in [0.1, 0.15) is 0 Å². The standard InChI is InChI=1S/C34H47N3O3/c1-21(36-33(3,4)5)24-14-25(16-27(15-24)34(6)12-13-34)30-19-29(31(38)35-28-17-26(18-28)32(39)40)22(2)37(30)20-23-10-8-7-9-11-23/h14-16,19,23,26,28,36H,1,7-13,17-18,20H2,2-6H3,(H,35,38)(H,39,40)/t26-,28-. The Morgan fingerprint density at radius 2 is 1.75 bits per heavy atom. The molecule has 0 saturated heterocycles. The summed E-state index contributed by atoms with van der Waals surface area (Å²) >= 11 is 0. The van der Waals surface area contributed by atoms with Crippen molar-refractivity contribution in [3.05, 3.63) is 53.2 Å². The smallest absolute Gasteiger partial charge is 0.306 e. The molecule has 216 valence electrons. The Labute approximate surface area is 239 Å². The van der Waals surface area contributed by atoms with Crippen molar-refractivity contribution in [2.75, 3.05) is 0 Å². The first-order valence-electron chi connectivity index (χ1n) is 15.2. The lowest BCUT2D eigenvalue weighted by Crippen LogP contribution is -2.46. The summed E-state index contributed by atoms with van der Waals surface area (Å²) in [6.45, 7) is 16.2. The molecule has 2 aromatic rings. The fourth-order valence-corrected chi connectivity index (χ4v) is 6.48. The zero-order valence-electron chi connectivity index (χ0n) is 25.0. The first-order chi connectivity index (χ1) is 18.8. The second kappa shape index (κ2) is 10.8. The number of carbonyl (C=O) groups excluding carboxylic acids is 1. The van der Waals surface area contributed by atoms with Crippen LogP contribution in [0.3, 0.4) is 0 Å². The summed E-state index contributed by atoms with van der Waals surface area (Å²) in [4.78, 5) is 24.8. The van der Waals surface area contributed by atoms with Crippen LogP contribution in [0.15, 0.2) is 30.8 Å². The van der Waals surface area contributed by atoms with Crippen LogP contribution < -0.4 is 10.6 Å². The van der Waals surface area contributed by atoms with E-state index in [0.29, 0.717) is 24.3 Å². The SMILES string of the molecule is C=C(NC(C)(C)C)c1cc(-c2cc(C(=O)N[C@H]3C[C@H](C(=O)O)C3)c(C)n2CC2CCCCC2)cc(C2(C)CC2)c1. The Balaban J connectivity index is 1.52. The van der Waals surface area contributed by atoms with Gasteiger partial charge in [0.15, 0.2) is 0 Å². The van der Waals surface area contributed by atoms with Crippen molar-refractivity contribution in [2.24, 2.45) is 11.8 Å². The minimum atomic E-state index is -0.773. The van der Waals surface area contributed by atoms with Gasteiger partial charge in [0.25, 0.3) is 5.91 Å². The van der Waals surface area contributed by atoms with Crippen LogP contribution >= 0.6 is 0 Å². The van der Waals surface area contributed by atoms with Crippen LogP contribution in [0.25, 0.3) is 17.0 Å². The van der Waals surface area contributed by atoms with Gasteiger partial charge in [0, 0.05) is 35.2 Å². The number of aromatic nitrogens is 1. The lowest BCUT2D eigenvalue weighted by Gasteiger charge is -2.32. The number of nitrogens with zero attached hydrogens (tertiary/aromatic N) is 1. The normalized spacial score (nSPS) is 22.3. The number of benzene rings is 1. The van der Waals surface area contributed by atoms with Gasteiger partial charge in [-0.1, -0.05) is 32.8 Å². The van der Waals surface area contributed by atoms with E-state index in [-0.39, 0.29) is 28.8 Å². The number of carbonyl (C=O) groups is 2. The third-order valence-corrected chi connectivity index (χ3v) is 9.40. The van der Waals surface area contributed by atoms with Gasteiger partial charge in [0.2, 0.25) is 0 Å². The summed E-state index contributed by atoms with van der Waals surface area (Å²) in [5.74, 6) is -0.610. The van der Waals surface area contributed by atoms with Gasteiger partial charge in [0.05, 0.1) is 11.5 Å². The van der Waals surface area contributed by atoms with Gasteiger partial charge in [-0.2, -0.15) is 0 Å². The van der Waals surface area contributed by atoms with Crippen LogP contribution in [0.1, 0.15) is 113 Å². The van der Waals surface area contributed by atoms with E-state index in [9.17, 15) is 14.7 Å². The van der Waals surface area contributed by atoms with Crippen molar-refractivity contribution >= 4 is 17.6 Å². The summed E-state index contributed by atoms with van der Waals surface area (Å²) in [5, 5.41) is 15.9. The largest absolute Gasteiger partial charge is 0.481 e. The highest BCUT2D eigenvalue weighted by molar-refractivity contribution is 5.97. The van der Waals surface area contributed by atoms with Crippen LogP contribution in [0.2, 0.25) is 0 Å². The molecule has 6 heteroatoms. The average Bonchev–Trinajstić information content (AvgIpc) is 3.54. The molecule has 3 fully saturated rings. The molecule has 3 N–H and O–H groups in total. The number of aliphatic carboxylic acids is 1. The van der Waals surface area contributed by atoms with E-state index >= 15 is 0 Å². The topological polar surface area (TPSA) is 83.4 Å². The Morgan fingerprint density at radius 1 is 1.07 bits per heavy atom. The van der Waals surface area contributed by atoms with E-state index in [1.807, 2.05) is 0 Å². The Hall–Kier alpha value is -3.02. The van der Waals surface area contributed by atoms with Crippen molar-refractivity contribution in [1.82, 2.24) is 15.2 Å². The average molecular weight is 546 g/mol. The molecule has 1 heterocycles. The Kier molecular flexibility index (Phi) is 7.66. The molecular formula is C34H47N3O3. The molecule has 5 rings (SSSR count). The minimum Gasteiger partial charge on any atom is -0.481 e. The molecule has 3 aliphatic carbocycles. The quantitative estimate of drug-likeness (QED) is 0.315. The van der Waals surface area contributed by atoms with Gasteiger partial charge < -0.3 is 20.3 Å². The molecule has 0 atom stereocenters. The van der Waals surface area contributed by atoms with Gasteiger partial charge in [-0.3, -0.25) is 9.59 Å².